The Balaban J connectivity index is 1.38. The fourth-order valence-corrected chi connectivity index (χ4v) is 4.00. The Kier molecular flexibility index (Phi) is 5.78. The molecule has 4 rings (SSSR count). The average molecular weight is 440 g/mol. The Bertz CT molecular complexity index is 1230. The molecule has 0 radical (unpaired) electrons. The molecule has 0 saturated carbocycles. The molecule has 2 N–H and O–H groups in total. The Morgan fingerprint density at radius 1 is 1.10 bits per heavy atom. The molecular formula is C21H18ClN5O2S. The highest BCUT2D eigenvalue weighted by molar-refractivity contribution is 7.15. The predicted molar refractivity (Wildman–Crippen MR) is 118 cm³/mol. The van der Waals surface area contributed by atoms with Crippen molar-refractivity contribution in [3.63, 3.8) is 0 Å². The first kappa shape index (κ1) is 20.1. The van der Waals surface area contributed by atoms with Crippen LogP contribution in [0.3, 0.4) is 0 Å². The van der Waals surface area contributed by atoms with Gasteiger partial charge in [0.2, 0.25) is 4.96 Å². The third-order valence-corrected chi connectivity index (χ3v) is 5.73. The fourth-order valence-electron chi connectivity index (χ4n) is 2.96. The molecule has 2 heterocycles. The van der Waals surface area contributed by atoms with Crippen molar-refractivity contribution in [3.8, 4) is 11.4 Å². The topological polar surface area (TPSA) is 88.4 Å². The summed E-state index contributed by atoms with van der Waals surface area (Å²) in [6, 6.07) is 14.7. The first-order valence-corrected chi connectivity index (χ1v) is 10.5. The van der Waals surface area contributed by atoms with Crippen LogP contribution in [0.1, 0.15) is 11.3 Å². The monoisotopic (exact) mass is 439 g/mol. The lowest BCUT2D eigenvalue weighted by atomic mass is 10.1. The van der Waals surface area contributed by atoms with Gasteiger partial charge in [-0.3, -0.25) is 9.59 Å². The highest BCUT2D eigenvalue weighted by atomic mass is 35.5. The lowest BCUT2D eigenvalue weighted by Gasteiger charge is -2.07. The summed E-state index contributed by atoms with van der Waals surface area (Å²) in [5.41, 5.74) is 3.40. The SMILES string of the molecule is Cc1ccccc1-c1nc2scc(CCNC(=O)C(=O)Nc3ccccc3Cl)n2n1. The molecule has 9 heteroatoms. The molecule has 2 aromatic carbocycles. The number of benzene rings is 2. The predicted octanol–water partition coefficient (Wildman–Crippen LogP) is 3.72. The lowest BCUT2D eigenvalue weighted by molar-refractivity contribution is -0.136. The van der Waals surface area contributed by atoms with Crippen molar-refractivity contribution in [2.75, 3.05) is 11.9 Å². The number of thiazole rings is 1. The highest BCUT2D eigenvalue weighted by Gasteiger charge is 2.16. The number of anilines is 1. The van der Waals surface area contributed by atoms with Gasteiger partial charge in [-0.25, -0.2) is 4.52 Å². The number of rotatable bonds is 5. The summed E-state index contributed by atoms with van der Waals surface area (Å²) in [6.45, 7) is 2.31. The van der Waals surface area contributed by atoms with Gasteiger partial charge in [0.25, 0.3) is 0 Å². The smallest absolute Gasteiger partial charge is 0.313 e. The van der Waals surface area contributed by atoms with Crippen molar-refractivity contribution < 1.29 is 9.59 Å². The van der Waals surface area contributed by atoms with Gasteiger partial charge in [0, 0.05) is 23.9 Å². The van der Waals surface area contributed by atoms with E-state index in [0.717, 1.165) is 21.8 Å². The minimum atomic E-state index is -0.763. The molecule has 0 atom stereocenters. The quantitative estimate of drug-likeness (QED) is 0.464. The van der Waals surface area contributed by atoms with Crippen LogP contribution < -0.4 is 10.6 Å². The maximum absolute atomic E-state index is 12.1. The minimum absolute atomic E-state index is 0.292. The van der Waals surface area contributed by atoms with Crippen LogP contribution in [0.15, 0.2) is 53.9 Å². The van der Waals surface area contributed by atoms with E-state index >= 15 is 0 Å². The molecule has 30 heavy (non-hydrogen) atoms. The van der Waals surface area contributed by atoms with Gasteiger partial charge in [-0.2, -0.15) is 4.98 Å². The van der Waals surface area contributed by atoms with E-state index in [1.165, 1.54) is 11.3 Å². The molecular weight excluding hydrogens is 422 g/mol. The molecule has 0 saturated heterocycles. The Morgan fingerprint density at radius 3 is 2.67 bits per heavy atom. The number of nitrogens with one attached hydrogen (secondary N) is 2. The molecule has 0 aliphatic heterocycles. The van der Waals surface area contributed by atoms with E-state index in [0.29, 0.717) is 29.5 Å². The molecule has 0 spiro atoms. The van der Waals surface area contributed by atoms with Gasteiger partial charge in [-0.15, -0.1) is 16.4 Å². The van der Waals surface area contributed by atoms with Crippen molar-refractivity contribution in [2.45, 2.75) is 13.3 Å². The number of para-hydroxylation sites is 1. The van der Waals surface area contributed by atoms with Crippen molar-refractivity contribution in [3.05, 3.63) is 70.2 Å². The zero-order chi connectivity index (χ0) is 21.1. The summed E-state index contributed by atoms with van der Waals surface area (Å²) in [6.07, 6.45) is 0.516. The largest absolute Gasteiger partial charge is 0.347 e. The van der Waals surface area contributed by atoms with Gasteiger partial charge in [-0.1, -0.05) is 48.0 Å². The molecule has 7 nitrogen and oxygen atoms in total. The van der Waals surface area contributed by atoms with Crippen LogP contribution in [0, 0.1) is 6.92 Å². The van der Waals surface area contributed by atoms with Gasteiger partial charge in [0.1, 0.15) is 0 Å². The Morgan fingerprint density at radius 2 is 1.87 bits per heavy atom. The maximum atomic E-state index is 12.1. The number of fused-ring (bicyclic) bond motifs is 1. The summed E-state index contributed by atoms with van der Waals surface area (Å²) >= 11 is 7.48. The Labute approximate surface area is 181 Å². The second kappa shape index (κ2) is 8.64. The number of hydrogen-bond acceptors (Lipinski definition) is 5. The summed E-state index contributed by atoms with van der Waals surface area (Å²) in [5.74, 6) is -0.814. The van der Waals surface area contributed by atoms with E-state index < -0.39 is 11.8 Å². The summed E-state index contributed by atoms with van der Waals surface area (Å²) < 4.78 is 1.78. The van der Waals surface area contributed by atoms with Crippen LogP contribution in [0.2, 0.25) is 5.02 Å². The number of hydrogen-bond donors (Lipinski definition) is 2. The molecule has 0 unspecified atom stereocenters. The summed E-state index contributed by atoms with van der Waals surface area (Å²) in [7, 11) is 0. The third kappa shape index (κ3) is 4.19. The van der Waals surface area contributed by atoms with Gasteiger partial charge in [-0.05, 0) is 24.6 Å². The zero-order valence-corrected chi connectivity index (χ0v) is 17.6. The number of aromatic nitrogens is 3. The van der Waals surface area contributed by atoms with Crippen LogP contribution in [0.4, 0.5) is 5.69 Å². The molecule has 0 aliphatic rings. The molecule has 4 aromatic rings. The molecule has 2 amide bonds. The van der Waals surface area contributed by atoms with Crippen LogP contribution in [-0.2, 0) is 16.0 Å². The molecule has 2 aromatic heterocycles. The number of amides is 2. The number of carbonyl (C=O) groups excluding carboxylic acids is 2. The highest BCUT2D eigenvalue weighted by Crippen LogP contribution is 2.23. The second-order valence-corrected chi connectivity index (χ2v) is 7.86. The maximum Gasteiger partial charge on any atom is 0.313 e. The summed E-state index contributed by atoms with van der Waals surface area (Å²) in [4.78, 5) is 29.5. The molecule has 152 valence electrons. The standard InChI is InChI=1S/C21H18ClN5O2S/c1-13-6-2-3-7-15(13)18-25-21-27(26-18)14(12-30-21)10-11-23-19(28)20(29)24-17-9-5-4-8-16(17)22/h2-9,12H,10-11H2,1H3,(H,23,28)(H,24,29). The van der Waals surface area contributed by atoms with Crippen molar-refractivity contribution in [1.82, 2.24) is 19.9 Å². The van der Waals surface area contributed by atoms with Gasteiger partial charge >= 0.3 is 11.8 Å². The molecule has 0 bridgehead atoms. The average Bonchev–Trinajstić information content (AvgIpc) is 3.31. The van der Waals surface area contributed by atoms with Crippen LogP contribution in [0.25, 0.3) is 16.3 Å². The molecule has 0 fully saturated rings. The van der Waals surface area contributed by atoms with Crippen LogP contribution in [0.5, 0.6) is 0 Å². The van der Waals surface area contributed by atoms with E-state index in [2.05, 4.69) is 20.7 Å². The lowest BCUT2D eigenvalue weighted by Crippen LogP contribution is -2.36. The number of carbonyl (C=O) groups is 2. The van der Waals surface area contributed by atoms with E-state index in [1.807, 2.05) is 36.6 Å². The van der Waals surface area contributed by atoms with Gasteiger partial charge in [0.05, 0.1) is 16.4 Å². The second-order valence-electron chi connectivity index (χ2n) is 6.61. The first-order chi connectivity index (χ1) is 14.5. The van der Waals surface area contributed by atoms with E-state index in [9.17, 15) is 9.59 Å². The van der Waals surface area contributed by atoms with Gasteiger partial charge in [0.15, 0.2) is 5.82 Å². The van der Waals surface area contributed by atoms with Crippen molar-refractivity contribution in [2.24, 2.45) is 0 Å². The van der Waals surface area contributed by atoms with Crippen molar-refractivity contribution >= 4 is 45.4 Å². The number of halogens is 1. The first-order valence-electron chi connectivity index (χ1n) is 9.26. The fraction of sp³-hybridized carbons (Fsp3) is 0.143. The number of nitrogens with zero attached hydrogens (tertiary/aromatic N) is 3. The van der Waals surface area contributed by atoms with Gasteiger partial charge < -0.3 is 10.6 Å². The van der Waals surface area contributed by atoms with Crippen molar-refractivity contribution in [1.29, 1.82) is 0 Å². The van der Waals surface area contributed by atoms with E-state index in [4.69, 9.17) is 11.6 Å². The summed E-state index contributed by atoms with van der Waals surface area (Å²) in [5, 5.41) is 12.1. The normalized spacial score (nSPS) is 10.9. The van der Waals surface area contributed by atoms with E-state index in [-0.39, 0.29) is 0 Å². The third-order valence-electron chi connectivity index (χ3n) is 4.53. The van der Waals surface area contributed by atoms with Crippen LogP contribution >= 0.6 is 22.9 Å². The number of aryl methyl sites for hydroxylation is 1. The molecule has 0 aliphatic carbocycles. The Hall–Kier alpha value is -3.23. The van der Waals surface area contributed by atoms with E-state index in [1.54, 1.807) is 28.8 Å². The zero-order valence-electron chi connectivity index (χ0n) is 16.1. The minimum Gasteiger partial charge on any atom is -0.347 e. The van der Waals surface area contributed by atoms with Crippen LogP contribution in [-0.4, -0.2) is 33.0 Å².